The summed E-state index contributed by atoms with van der Waals surface area (Å²) in [4.78, 5) is 10.3. The summed E-state index contributed by atoms with van der Waals surface area (Å²) in [6, 6.07) is 0. The largest absolute Gasteiger partial charge is 0.430 e. The SMILES string of the molecule is N/C=C1\CCC(=O)O1. The van der Waals surface area contributed by atoms with Crippen LogP contribution in [0.2, 0.25) is 0 Å². The van der Waals surface area contributed by atoms with Crippen molar-refractivity contribution in [3.05, 3.63) is 12.0 Å². The van der Waals surface area contributed by atoms with E-state index >= 15 is 0 Å². The summed E-state index contributed by atoms with van der Waals surface area (Å²) in [7, 11) is 0. The quantitative estimate of drug-likeness (QED) is 0.454. The lowest BCUT2D eigenvalue weighted by atomic mass is 10.3. The Labute approximate surface area is 47.1 Å². The Morgan fingerprint density at radius 3 is 2.62 bits per heavy atom. The third-order valence-corrected chi connectivity index (χ3v) is 1.01. The number of rotatable bonds is 0. The number of esters is 1. The van der Waals surface area contributed by atoms with Crippen LogP contribution in [0, 0.1) is 0 Å². The average Bonchev–Trinajstić information content (AvgIpc) is 2.14. The minimum absolute atomic E-state index is 0.179. The van der Waals surface area contributed by atoms with Gasteiger partial charge in [0.15, 0.2) is 0 Å². The summed E-state index contributed by atoms with van der Waals surface area (Å²) in [6.45, 7) is 0. The van der Waals surface area contributed by atoms with Gasteiger partial charge in [0.05, 0.1) is 6.42 Å². The standard InChI is InChI=1S/C5H7NO2/c6-3-4-1-2-5(7)8-4/h3H,1-2,6H2/b4-3+. The fourth-order valence-corrected chi connectivity index (χ4v) is 0.591. The highest BCUT2D eigenvalue weighted by atomic mass is 16.5. The molecule has 2 N–H and O–H groups in total. The van der Waals surface area contributed by atoms with Gasteiger partial charge < -0.3 is 10.5 Å². The molecule has 3 nitrogen and oxygen atoms in total. The number of ether oxygens (including phenoxy) is 1. The van der Waals surface area contributed by atoms with Gasteiger partial charge in [0, 0.05) is 12.6 Å². The van der Waals surface area contributed by atoms with Gasteiger partial charge in [-0.1, -0.05) is 0 Å². The molecule has 1 aliphatic heterocycles. The number of nitrogens with two attached hydrogens (primary N) is 1. The Morgan fingerprint density at radius 2 is 2.38 bits per heavy atom. The zero-order valence-corrected chi connectivity index (χ0v) is 4.39. The van der Waals surface area contributed by atoms with Gasteiger partial charge in [0.25, 0.3) is 0 Å². The van der Waals surface area contributed by atoms with Gasteiger partial charge in [-0.3, -0.25) is 4.79 Å². The molecule has 0 aromatic heterocycles. The number of allylic oxidation sites excluding steroid dienone is 1. The molecule has 1 fully saturated rings. The molecule has 0 atom stereocenters. The molecule has 1 aliphatic rings. The molecule has 0 unspecified atom stereocenters. The first-order valence-corrected chi connectivity index (χ1v) is 2.44. The molecule has 0 aliphatic carbocycles. The van der Waals surface area contributed by atoms with Crippen molar-refractivity contribution in [3.8, 4) is 0 Å². The van der Waals surface area contributed by atoms with Crippen LogP contribution in [0.25, 0.3) is 0 Å². The van der Waals surface area contributed by atoms with Crippen molar-refractivity contribution >= 4 is 5.97 Å². The van der Waals surface area contributed by atoms with Crippen molar-refractivity contribution in [3.63, 3.8) is 0 Å². The fourth-order valence-electron chi connectivity index (χ4n) is 0.591. The first-order chi connectivity index (χ1) is 3.83. The van der Waals surface area contributed by atoms with Crippen LogP contribution >= 0.6 is 0 Å². The van der Waals surface area contributed by atoms with Gasteiger partial charge in [-0.2, -0.15) is 0 Å². The monoisotopic (exact) mass is 113 g/mol. The molecule has 1 rings (SSSR count). The van der Waals surface area contributed by atoms with E-state index in [9.17, 15) is 4.79 Å². The molecule has 0 aromatic rings. The summed E-state index contributed by atoms with van der Waals surface area (Å²) < 4.78 is 4.61. The van der Waals surface area contributed by atoms with Gasteiger partial charge in [-0.05, 0) is 0 Å². The first kappa shape index (κ1) is 5.15. The van der Waals surface area contributed by atoms with Gasteiger partial charge in [-0.15, -0.1) is 0 Å². The third kappa shape index (κ3) is 0.804. The number of carbonyl (C=O) groups is 1. The highest BCUT2D eigenvalue weighted by molar-refractivity contribution is 5.73. The van der Waals surface area contributed by atoms with Crippen LogP contribution in [-0.2, 0) is 9.53 Å². The zero-order valence-electron chi connectivity index (χ0n) is 4.39. The average molecular weight is 113 g/mol. The Balaban J connectivity index is 2.56. The maximum atomic E-state index is 10.3. The number of carbonyl (C=O) groups excluding carboxylic acids is 1. The predicted molar refractivity (Wildman–Crippen MR) is 27.6 cm³/mol. The van der Waals surface area contributed by atoms with E-state index in [1.165, 1.54) is 6.20 Å². The van der Waals surface area contributed by atoms with Crippen molar-refractivity contribution in [1.29, 1.82) is 0 Å². The van der Waals surface area contributed by atoms with Crippen molar-refractivity contribution in [2.24, 2.45) is 5.73 Å². The normalized spacial score (nSPS) is 24.0. The Hall–Kier alpha value is -0.990. The number of hydrogen-bond donors (Lipinski definition) is 1. The van der Waals surface area contributed by atoms with Crippen LogP contribution in [0.5, 0.6) is 0 Å². The lowest BCUT2D eigenvalue weighted by Crippen LogP contribution is -1.90. The van der Waals surface area contributed by atoms with Crippen LogP contribution in [-0.4, -0.2) is 5.97 Å². The van der Waals surface area contributed by atoms with E-state index in [0.29, 0.717) is 18.6 Å². The van der Waals surface area contributed by atoms with Crippen molar-refractivity contribution in [1.82, 2.24) is 0 Å². The molecule has 0 saturated carbocycles. The fraction of sp³-hybridized carbons (Fsp3) is 0.400. The van der Waals surface area contributed by atoms with E-state index in [-0.39, 0.29) is 5.97 Å². The summed E-state index contributed by atoms with van der Waals surface area (Å²) in [5.41, 5.74) is 5.06. The molecule has 0 amide bonds. The van der Waals surface area contributed by atoms with E-state index in [1.807, 2.05) is 0 Å². The molecular weight excluding hydrogens is 106 g/mol. The van der Waals surface area contributed by atoms with Gasteiger partial charge >= 0.3 is 5.97 Å². The molecule has 0 bridgehead atoms. The maximum absolute atomic E-state index is 10.3. The lowest BCUT2D eigenvalue weighted by molar-refractivity contribution is -0.135. The predicted octanol–water partition coefficient (Wildman–Crippen LogP) is 0.123. The second-order valence-corrected chi connectivity index (χ2v) is 1.61. The first-order valence-electron chi connectivity index (χ1n) is 2.44. The molecule has 0 spiro atoms. The third-order valence-electron chi connectivity index (χ3n) is 1.01. The van der Waals surface area contributed by atoms with Crippen LogP contribution in [0.1, 0.15) is 12.8 Å². The molecule has 44 valence electrons. The molecule has 0 radical (unpaired) electrons. The highest BCUT2D eigenvalue weighted by Gasteiger charge is 2.15. The van der Waals surface area contributed by atoms with Crippen molar-refractivity contribution in [2.75, 3.05) is 0 Å². The van der Waals surface area contributed by atoms with Gasteiger partial charge in [-0.25, -0.2) is 0 Å². The smallest absolute Gasteiger partial charge is 0.311 e. The van der Waals surface area contributed by atoms with Crippen LogP contribution in [0.15, 0.2) is 12.0 Å². The zero-order chi connectivity index (χ0) is 5.98. The van der Waals surface area contributed by atoms with Gasteiger partial charge in [0.1, 0.15) is 5.76 Å². The van der Waals surface area contributed by atoms with Crippen LogP contribution in [0.4, 0.5) is 0 Å². The summed E-state index contributed by atoms with van der Waals surface area (Å²) >= 11 is 0. The molecule has 0 aromatic carbocycles. The van der Waals surface area contributed by atoms with E-state index in [2.05, 4.69) is 4.74 Å². The highest BCUT2D eigenvalue weighted by Crippen LogP contribution is 2.15. The Bertz CT molecular complexity index is 139. The summed E-state index contributed by atoms with van der Waals surface area (Å²) in [5, 5.41) is 0. The lowest BCUT2D eigenvalue weighted by Gasteiger charge is -1.88. The number of hydrogen-bond acceptors (Lipinski definition) is 3. The molecular formula is C5H7NO2. The van der Waals surface area contributed by atoms with Crippen LogP contribution < -0.4 is 5.73 Å². The van der Waals surface area contributed by atoms with Crippen LogP contribution in [0.3, 0.4) is 0 Å². The van der Waals surface area contributed by atoms with Crippen molar-refractivity contribution < 1.29 is 9.53 Å². The molecule has 8 heavy (non-hydrogen) atoms. The second-order valence-electron chi connectivity index (χ2n) is 1.61. The van der Waals surface area contributed by atoms with E-state index in [4.69, 9.17) is 5.73 Å². The maximum Gasteiger partial charge on any atom is 0.311 e. The summed E-state index contributed by atoms with van der Waals surface area (Å²) in [5.74, 6) is 0.414. The van der Waals surface area contributed by atoms with Crippen molar-refractivity contribution in [2.45, 2.75) is 12.8 Å². The molecule has 1 heterocycles. The van der Waals surface area contributed by atoms with Gasteiger partial charge in [0.2, 0.25) is 0 Å². The Kier molecular flexibility index (Phi) is 1.20. The molecule has 3 heteroatoms. The topological polar surface area (TPSA) is 52.3 Å². The van der Waals surface area contributed by atoms with E-state index in [1.54, 1.807) is 0 Å². The van der Waals surface area contributed by atoms with E-state index < -0.39 is 0 Å². The second kappa shape index (κ2) is 1.86. The Morgan fingerprint density at radius 1 is 1.62 bits per heavy atom. The number of cyclic esters (lactones) is 1. The van der Waals surface area contributed by atoms with E-state index in [0.717, 1.165) is 0 Å². The minimum atomic E-state index is -0.179. The summed E-state index contributed by atoms with van der Waals surface area (Å²) in [6.07, 6.45) is 2.46. The minimum Gasteiger partial charge on any atom is -0.430 e. The molecule has 1 saturated heterocycles.